The van der Waals surface area contributed by atoms with Gasteiger partial charge in [-0.3, -0.25) is 0 Å². The second-order valence-electron chi connectivity index (χ2n) is 4.84. The third-order valence-electron chi connectivity index (χ3n) is 3.18. The molecule has 108 valence electrons. The predicted octanol–water partition coefficient (Wildman–Crippen LogP) is 6.63. The molecule has 0 spiro atoms. The van der Waals surface area contributed by atoms with Gasteiger partial charge in [0.05, 0.1) is 0 Å². The van der Waals surface area contributed by atoms with Crippen LogP contribution >= 0.6 is 23.4 Å². The van der Waals surface area contributed by atoms with E-state index in [1.165, 1.54) is 16.0 Å². The van der Waals surface area contributed by atoms with E-state index in [9.17, 15) is 0 Å². The van der Waals surface area contributed by atoms with Crippen LogP contribution in [-0.4, -0.2) is 0 Å². The quantitative estimate of drug-likeness (QED) is 0.383. The van der Waals surface area contributed by atoms with Crippen LogP contribution in [0.4, 0.5) is 0 Å². The van der Waals surface area contributed by atoms with Crippen LogP contribution in [0, 0.1) is 0 Å². The van der Waals surface area contributed by atoms with Crippen LogP contribution in [0.25, 0.3) is 11.0 Å². The molecule has 0 bridgehead atoms. The SMILES string of the molecule is Clc1cccc(S/C(=C/c2ccccc2)c2ccccc2)c1. The predicted molar refractivity (Wildman–Crippen MR) is 98.1 cm³/mol. The van der Waals surface area contributed by atoms with Gasteiger partial charge in [-0.1, -0.05) is 90.1 Å². The average molecular weight is 323 g/mol. The number of halogens is 1. The summed E-state index contributed by atoms with van der Waals surface area (Å²) in [5.41, 5.74) is 2.40. The molecule has 3 rings (SSSR count). The van der Waals surface area contributed by atoms with Crippen molar-refractivity contribution >= 4 is 34.3 Å². The van der Waals surface area contributed by atoms with E-state index in [1.807, 2.05) is 30.3 Å². The summed E-state index contributed by atoms with van der Waals surface area (Å²) in [7, 11) is 0. The summed E-state index contributed by atoms with van der Waals surface area (Å²) < 4.78 is 0. The van der Waals surface area contributed by atoms with Crippen LogP contribution in [0.15, 0.2) is 89.8 Å². The van der Waals surface area contributed by atoms with Gasteiger partial charge in [0, 0.05) is 14.8 Å². The zero-order chi connectivity index (χ0) is 15.2. The topological polar surface area (TPSA) is 0 Å². The molecule has 0 aliphatic carbocycles. The minimum absolute atomic E-state index is 0.761. The molecule has 0 radical (unpaired) electrons. The third kappa shape index (κ3) is 4.03. The zero-order valence-corrected chi connectivity index (χ0v) is 13.5. The van der Waals surface area contributed by atoms with E-state index in [0.717, 1.165) is 9.92 Å². The summed E-state index contributed by atoms with van der Waals surface area (Å²) in [4.78, 5) is 2.34. The van der Waals surface area contributed by atoms with Crippen molar-refractivity contribution in [1.29, 1.82) is 0 Å². The van der Waals surface area contributed by atoms with Gasteiger partial charge < -0.3 is 0 Å². The molecule has 0 unspecified atom stereocenters. The van der Waals surface area contributed by atoms with Gasteiger partial charge >= 0.3 is 0 Å². The average Bonchev–Trinajstić information content (AvgIpc) is 2.56. The summed E-state index contributed by atoms with van der Waals surface area (Å²) in [6.45, 7) is 0. The number of rotatable bonds is 4. The lowest BCUT2D eigenvalue weighted by Crippen LogP contribution is -1.81. The van der Waals surface area contributed by atoms with Crippen molar-refractivity contribution < 1.29 is 0 Å². The monoisotopic (exact) mass is 322 g/mol. The molecule has 3 aromatic rings. The first-order valence-corrected chi connectivity index (χ1v) is 8.26. The van der Waals surface area contributed by atoms with Crippen molar-refractivity contribution in [3.8, 4) is 0 Å². The first-order chi connectivity index (χ1) is 10.8. The highest BCUT2D eigenvalue weighted by Gasteiger charge is 2.05. The molecule has 0 nitrogen and oxygen atoms in total. The lowest BCUT2D eigenvalue weighted by Gasteiger charge is -2.08. The highest BCUT2D eigenvalue weighted by Crippen LogP contribution is 2.36. The van der Waals surface area contributed by atoms with Crippen LogP contribution in [0.5, 0.6) is 0 Å². The lowest BCUT2D eigenvalue weighted by molar-refractivity contribution is 1.47. The van der Waals surface area contributed by atoms with Gasteiger partial charge in [0.2, 0.25) is 0 Å². The Balaban J connectivity index is 1.98. The highest BCUT2D eigenvalue weighted by molar-refractivity contribution is 8.08. The Morgan fingerprint density at radius 3 is 2.14 bits per heavy atom. The Hall–Kier alpha value is -1.96. The van der Waals surface area contributed by atoms with Gasteiger partial charge in [0.15, 0.2) is 0 Å². The molecule has 0 heterocycles. The molecular formula is C20H15ClS. The summed E-state index contributed by atoms with van der Waals surface area (Å²) in [6, 6.07) is 28.7. The molecule has 0 aliphatic heterocycles. The Bertz CT molecular complexity index is 764. The van der Waals surface area contributed by atoms with Crippen molar-refractivity contribution in [3.05, 3.63) is 101 Å². The van der Waals surface area contributed by atoms with E-state index in [1.54, 1.807) is 11.8 Å². The van der Waals surface area contributed by atoms with Gasteiger partial charge in [-0.2, -0.15) is 0 Å². The van der Waals surface area contributed by atoms with Crippen molar-refractivity contribution in [3.63, 3.8) is 0 Å². The van der Waals surface area contributed by atoms with E-state index in [4.69, 9.17) is 11.6 Å². The summed E-state index contributed by atoms with van der Waals surface area (Å²) >= 11 is 7.83. The fourth-order valence-electron chi connectivity index (χ4n) is 2.13. The van der Waals surface area contributed by atoms with Crippen LogP contribution in [0.3, 0.4) is 0 Å². The maximum Gasteiger partial charge on any atom is 0.0417 e. The van der Waals surface area contributed by atoms with Gasteiger partial charge in [-0.15, -0.1) is 0 Å². The highest BCUT2D eigenvalue weighted by atomic mass is 35.5. The Kier molecular flexibility index (Phi) is 4.99. The second kappa shape index (κ2) is 7.35. The van der Waals surface area contributed by atoms with Crippen LogP contribution < -0.4 is 0 Å². The lowest BCUT2D eigenvalue weighted by atomic mass is 10.1. The fourth-order valence-corrected chi connectivity index (χ4v) is 3.42. The second-order valence-corrected chi connectivity index (χ2v) is 6.40. The van der Waals surface area contributed by atoms with E-state index < -0.39 is 0 Å². The molecule has 0 aliphatic rings. The van der Waals surface area contributed by atoms with Crippen molar-refractivity contribution in [1.82, 2.24) is 0 Å². The van der Waals surface area contributed by atoms with Gasteiger partial charge in [0.1, 0.15) is 0 Å². The maximum absolute atomic E-state index is 6.10. The molecule has 22 heavy (non-hydrogen) atoms. The van der Waals surface area contributed by atoms with Crippen LogP contribution in [-0.2, 0) is 0 Å². The van der Waals surface area contributed by atoms with E-state index in [0.29, 0.717) is 0 Å². The molecule has 0 saturated carbocycles. The summed E-state index contributed by atoms with van der Waals surface area (Å²) in [5.74, 6) is 0. The molecule has 2 heteroatoms. The van der Waals surface area contributed by atoms with E-state index in [2.05, 4.69) is 60.7 Å². The van der Waals surface area contributed by atoms with Crippen LogP contribution in [0.1, 0.15) is 11.1 Å². The van der Waals surface area contributed by atoms with Gasteiger partial charge in [-0.25, -0.2) is 0 Å². The van der Waals surface area contributed by atoms with E-state index in [-0.39, 0.29) is 0 Å². The molecule has 3 aromatic carbocycles. The first-order valence-electron chi connectivity index (χ1n) is 7.07. The molecule has 0 saturated heterocycles. The molecular weight excluding hydrogens is 308 g/mol. The summed E-state index contributed by atoms with van der Waals surface area (Å²) in [6.07, 6.45) is 2.21. The molecule has 0 atom stereocenters. The fraction of sp³-hybridized carbons (Fsp3) is 0. The smallest absolute Gasteiger partial charge is 0.0417 e. The molecule has 0 fully saturated rings. The molecule has 0 amide bonds. The van der Waals surface area contributed by atoms with Crippen molar-refractivity contribution in [2.75, 3.05) is 0 Å². The summed E-state index contributed by atoms with van der Waals surface area (Å²) in [5, 5.41) is 0.761. The zero-order valence-electron chi connectivity index (χ0n) is 11.9. The Morgan fingerprint density at radius 2 is 1.45 bits per heavy atom. The third-order valence-corrected chi connectivity index (χ3v) is 4.48. The number of benzene rings is 3. The van der Waals surface area contributed by atoms with Crippen molar-refractivity contribution in [2.45, 2.75) is 4.90 Å². The number of hydrogen-bond donors (Lipinski definition) is 0. The van der Waals surface area contributed by atoms with Gasteiger partial charge in [0.25, 0.3) is 0 Å². The number of thioether (sulfide) groups is 1. The minimum Gasteiger partial charge on any atom is -0.0894 e. The first kappa shape index (κ1) is 15.0. The number of hydrogen-bond acceptors (Lipinski definition) is 1. The van der Waals surface area contributed by atoms with E-state index >= 15 is 0 Å². The molecule has 0 aromatic heterocycles. The molecule has 0 N–H and O–H groups in total. The van der Waals surface area contributed by atoms with Crippen LogP contribution in [0.2, 0.25) is 5.02 Å². The van der Waals surface area contributed by atoms with Crippen molar-refractivity contribution in [2.24, 2.45) is 0 Å². The largest absolute Gasteiger partial charge is 0.0894 e. The van der Waals surface area contributed by atoms with Gasteiger partial charge in [-0.05, 0) is 35.4 Å². The Morgan fingerprint density at radius 1 is 0.773 bits per heavy atom. The normalized spacial score (nSPS) is 11.4. The minimum atomic E-state index is 0.761. The maximum atomic E-state index is 6.10. The standard InChI is InChI=1S/C20H15ClS/c21-18-12-7-13-19(15-18)22-20(17-10-5-2-6-11-17)14-16-8-3-1-4-9-16/h1-15H/b20-14+. The Labute approximate surface area is 140 Å².